The van der Waals surface area contributed by atoms with Crippen LogP contribution in [0.15, 0.2) is 40.4 Å². The second kappa shape index (κ2) is 8.20. The molecule has 3 fully saturated rings. The molecular weight excluding hydrogens is 480 g/mol. The van der Waals surface area contributed by atoms with Gasteiger partial charge in [0.05, 0.1) is 11.7 Å². The van der Waals surface area contributed by atoms with Crippen molar-refractivity contribution in [3.05, 3.63) is 46.0 Å². The zero-order valence-electron chi connectivity index (χ0n) is 20.0. The van der Waals surface area contributed by atoms with E-state index in [1.54, 1.807) is 12.1 Å². The van der Waals surface area contributed by atoms with Crippen LogP contribution in [0, 0.1) is 28.6 Å². The molecule has 4 aliphatic rings. The molecule has 0 bridgehead atoms. The van der Waals surface area contributed by atoms with Crippen LogP contribution in [0.25, 0.3) is 0 Å². The number of ether oxygens (including phenoxy) is 1. The van der Waals surface area contributed by atoms with Crippen LogP contribution in [0.5, 0.6) is 0 Å². The third kappa shape index (κ3) is 3.56. The van der Waals surface area contributed by atoms with Crippen molar-refractivity contribution in [3.8, 4) is 0 Å². The van der Waals surface area contributed by atoms with Gasteiger partial charge in [0, 0.05) is 9.89 Å². The van der Waals surface area contributed by atoms with Crippen molar-refractivity contribution in [1.29, 1.82) is 0 Å². The van der Waals surface area contributed by atoms with Gasteiger partial charge in [-0.2, -0.15) is 0 Å². The third-order valence-corrected chi connectivity index (χ3v) is 10.9. The fraction of sp³-hybridized carbons (Fsp3) is 0.679. The number of benzene rings is 1. The van der Waals surface area contributed by atoms with Gasteiger partial charge >= 0.3 is 5.97 Å². The molecule has 1 aromatic carbocycles. The molecule has 0 radical (unpaired) electrons. The first-order valence-corrected chi connectivity index (χ1v) is 13.4. The van der Waals surface area contributed by atoms with E-state index >= 15 is 0 Å². The summed E-state index contributed by atoms with van der Waals surface area (Å²) in [6, 6.07) is 7.17. The molecule has 0 saturated heterocycles. The van der Waals surface area contributed by atoms with E-state index in [-0.39, 0.29) is 22.9 Å². The smallest absolute Gasteiger partial charge is 0.338 e. The Hall–Kier alpha value is -1.17. The monoisotopic (exact) mass is 516 g/mol. The van der Waals surface area contributed by atoms with Gasteiger partial charge in [0.1, 0.15) is 11.7 Å². The summed E-state index contributed by atoms with van der Waals surface area (Å²) in [7, 11) is 0. The summed E-state index contributed by atoms with van der Waals surface area (Å²) in [6.07, 6.45) is 9.22. The van der Waals surface area contributed by atoms with E-state index in [0.29, 0.717) is 29.7 Å². The number of carbonyl (C=O) groups is 1. The lowest BCUT2D eigenvalue weighted by Crippen LogP contribution is -2.58. The largest absolute Gasteiger partial charge is 0.456 e. The molecule has 5 rings (SSSR count). The molecule has 4 nitrogen and oxygen atoms in total. The summed E-state index contributed by atoms with van der Waals surface area (Å²) in [6.45, 7) is 6.55. The average Bonchev–Trinajstić information content (AvgIpc) is 3.06. The molecular formula is C28H37BrO4. The van der Waals surface area contributed by atoms with Crippen LogP contribution in [0.4, 0.5) is 0 Å². The van der Waals surface area contributed by atoms with Crippen molar-refractivity contribution in [1.82, 2.24) is 0 Å². The van der Waals surface area contributed by atoms with E-state index < -0.39 is 11.7 Å². The summed E-state index contributed by atoms with van der Waals surface area (Å²) in [5.74, 6) is 1.22. The third-order valence-electron chi connectivity index (χ3n) is 10.3. The Kier molecular flexibility index (Phi) is 5.86. The number of aliphatic hydroxyl groups is 2. The van der Waals surface area contributed by atoms with Crippen molar-refractivity contribution in [2.75, 3.05) is 0 Å². The maximum Gasteiger partial charge on any atom is 0.338 e. The normalized spacial score (nSPS) is 43.0. The minimum Gasteiger partial charge on any atom is -0.456 e. The van der Waals surface area contributed by atoms with Crippen molar-refractivity contribution in [2.24, 2.45) is 28.6 Å². The van der Waals surface area contributed by atoms with E-state index in [9.17, 15) is 15.0 Å². The van der Waals surface area contributed by atoms with Gasteiger partial charge in [-0.3, -0.25) is 0 Å². The number of allylic oxidation sites excluding steroid dienone is 1. The Morgan fingerprint density at radius 3 is 2.52 bits per heavy atom. The summed E-state index contributed by atoms with van der Waals surface area (Å²) < 4.78 is 6.80. The standard InChI is InChI=1S/C28H37BrO4/c1-17(33-25(31)18-4-7-20(29)8-5-18)28(32)15-12-24-22-9-6-19-16-21(30)10-13-26(19,2)23(22)11-14-27(24,28)3/h4-8,17,21-24,30,32H,9-16H2,1-3H3/t17-,21+,22-,23+,24+,26+,27+,28+/m1/s1. The Morgan fingerprint density at radius 2 is 1.79 bits per heavy atom. The predicted molar refractivity (Wildman–Crippen MR) is 132 cm³/mol. The number of fused-ring (bicyclic) bond motifs is 5. The highest BCUT2D eigenvalue weighted by Gasteiger charge is 2.65. The van der Waals surface area contributed by atoms with Crippen molar-refractivity contribution in [2.45, 2.75) is 89.9 Å². The van der Waals surface area contributed by atoms with Crippen molar-refractivity contribution < 1.29 is 19.7 Å². The summed E-state index contributed by atoms with van der Waals surface area (Å²) in [5.41, 5.74) is 0.889. The van der Waals surface area contributed by atoms with Crippen LogP contribution in [0.1, 0.15) is 82.5 Å². The van der Waals surface area contributed by atoms with E-state index in [0.717, 1.165) is 49.4 Å². The molecule has 0 spiro atoms. The van der Waals surface area contributed by atoms with E-state index in [4.69, 9.17) is 4.74 Å². The molecule has 8 atom stereocenters. The van der Waals surface area contributed by atoms with Gasteiger partial charge in [-0.05, 0) is 106 Å². The lowest BCUT2D eigenvalue weighted by Gasteiger charge is -2.59. The molecule has 0 heterocycles. The molecule has 33 heavy (non-hydrogen) atoms. The number of halogens is 1. The van der Waals surface area contributed by atoms with E-state index in [1.165, 1.54) is 5.57 Å². The van der Waals surface area contributed by atoms with Gasteiger partial charge in [-0.15, -0.1) is 0 Å². The lowest BCUT2D eigenvalue weighted by molar-refractivity contribution is -0.171. The maximum atomic E-state index is 12.8. The van der Waals surface area contributed by atoms with Crippen LogP contribution in [-0.4, -0.2) is 34.0 Å². The Bertz CT molecular complexity index is 957. The van der Waals surface area contributed by atoms with Crippen molar-refractivity contribution in [3.63, 3.8) is 0 Å². The molecule has 0 aliphatic heterocycles. The lowest BCUT2D eigenvalue weighted by atomic mass is 9.46. The fourth-order valence-electron chi connectivity index (χ4n) is 8.27. The van der Waals surface area contributed by atoms with E-state index in [1.807, 2.05) is 19.1 Å². The minimum absolute atomic E-state index is 0.184. The fourth-order valence-corrected chi connectivity index (χ4v) is 8.54. The first kappa shape index (κ1) is 23.6. The number of aliphatic hydroxyl groups excluding tert-OH is 1. The minimum atomic E-state index is -1.01. The maximum absolute atomic E-state index is 12.8. The van der Waals surface area contributed by atoms with E-state index in [2.05, 4.69) is 35.9 Å². The zero-order valence-corrected chi connectivity index (χ0v) is 21.6. The van der Waals surface area contributed by atoms with Crippen LogP contribution in [0.3, 0.4) is 0 Å². The highest BCUT2D eigenvalue weighted by Crippen LogP contribution is 2.67. The molecule has 0 amide bonds. The van der Waals surface area contributed by atoms with Gasteiger partial charge in [0.25, 0.3) is 0 Å². The molecule has 3 saturated carbocycles. The SMILES string of the molecule is C[C@@H](OC(=O)c1ccc(Br)cc1)[C@@]1(O)CC[C@H]2[C@@H]3CC=C4C[C@@H](O)CC[C@]4(C)[C@H]3CC[C@@]21C. The number of hydrogen-bond acceptors (Lipinski definition) is 4. The van der Waals surface area contributed by atoms with Crippen molar-refractivity contribution >= 4 is 21.9 Å². The molecule has 5 heteroatoms. The van der Waals surface area contributed by atoms with Gasteiger partial charge in [-0.1, -0.05) is 41.4 Å². The Morgan fingerprint density at radius 1 is 1.09 bits per heavy atom. The molecule has 0 aromatic heterocycles. The molecule has 4 aliphatic carbocycles. The van der Waals surface area contributed by atoms with Gasteiger partial charge in [-0.25, -0.2) is 4.79 Å². The number of carbonyl (C=O) groups excluding carboxylic acids is 1. The van der Waals surface area contributed by atoms with Gasteiger partial charge in [0.2, 0.25) is 0 Å². The highest BCUT2D eigenvalue weighted by molar-refractivity contribution is 9.10. The Balaban J connectivity index is 1.37. The second-order valence-electron chi connectivity index (χ2n) is 11.6. The van der Waals surface area contributed by atoms with Crippen LogP contribution >= 0.6 is 15.9 Å². The highest BCUT2D eigenvalue weighted by atomic mass is 79.9. The molecule has 180 valence electrons. The topological polar surface area (TPSA) is 66.8 Å². The summed E-state index contributed by atoms with van der Waals surface area (Å²) >= 11 is 3.40. The van der Waals surface area contributed by atoms with Gasteiger partial charge in [0.15, 0.2) is 0 Å². The first-order valence-electron chi connectivity index (χ1n) is 12.6. The summed E-state index contributed by atoms with van der Waals surface area (Å²) in [5, 5.41) is 22.3. The predicted octanol–water partition coefficient (Wildman–Crippen LogP) is 6.05. The quantitative estimate of drug-likeness (QED) is 0.379. The molecule has 2 N–H and O–H groups in total. The number of esters is 1. The Labute approximate surface area is 205 Å². The van der Waals surface area contributed by atoms with Crippen LogP contribution in [0.2, 0.25) is 0 Å². The average molecular weight is 518 g/mol. The first-order chi connectivity index (χ1) is 15.6. The number of rotatable bonds is 3. The molecule has 1 aromatic rings. The second-order valence-corrected chi connectivity index (χ2v) is 12.5. The van der Waals surface area contributed by atoms with Crippen LogP contribution in [-0.2, 0) is 4.74 Å². The zero-order chi connectivity index (χ0) is 23.6. The summed E-state index contributed by atoms with van der Waals surface area (Å²) in [4.78, 5) is 12.8. The number of hydrogen-bond donors (Lipinski definition) is 2. The molecule has 0 unspecified atom stereocenters. The van der Waals surface area contributed by atoms with Gasteiger partial charge < -0.3 is 14.9 Å². The van der Waals surface area contributed by atoms with Crippen LogP contribution < -0.4 is 0 Å².